The summed E-state index contributed by atoms with van der Waals surface area (Å²) in [6.45, 7) is 1.59. The number of nitrogens with zero attached hydrogens (tertiary/aromatic N) is 5. The summed E-state index contributed by atoms with van der Waals surface area (Å²) in [6.07, 6.45) is 1.45. The molecule has 0 aliphatic carbocycles. The summed E-state index contributed by atoms with van der Waals surface area (Å²) in [4.78, 5) is 31.5. The molecule has 2 heterocycles. The van der Waals surface area contributed by atoms with Gasteiger partial charge in [0.15, 0.2) is 0 Å². The number of thiazole rings is 1. The van der Waals surface area contributed by atoms with E-state index in [1.807, 2.05) is 0 Å². The van der Waals surface area contributed by atoms with Crippen LogP contribution in [0.4, 0.5) is 5.69 Å². The molecule has 1 fully saturated rings. The average molecular weight is 506 g/mol. The molecular formula is C19H13N7NaO5S2. The number of carbonyl (C=O) groups is 2. The standard InChI is InChI=1S/C19H13N7O5S2.Na/c1-9-2-7-12-14(15(9)33(29,30)31)32-18(22-12)10-3-5-11(6-4-10)25-26-13-16(27)23-19(21-8-20)24-17(13)28;/h2-7,13H,1H3,(H,29,30,31)(H2,21,23,24,27,28);. The van der Waals surface area contributed by atoms with Crippen LogP contribution < -0.4 is 10.6 Å². The second kappa shape index (κ2) is 10.1. The van der Waals surface area contributed by atoms with Crippen molar-refractivity contribution >= 4 is 84.7 Å². The van der Waals surface area contributed by atoms with E-state index in [0.717, 1.165) is 11.3 Å². The Bertz CT molecular complexity index is 1490. The number of amides is 2. The second-order valence-electron chi connectivity index (χ2n) is 6.76. The molecule has 0 bridgehead atoms. The van der Waals surface area contributed by atoms with Gasteiger partial charge in [-0.05, 0) is 42.8 Å². The Morgan fingerprint density at radius 1 is 1.12 bits per heavy atom. The van der Waals surface area contributed by atoms with Crippen LogP contribution in [-0.4, -0.2) is 71.3 Å². The van der Waals surface area contributed by atoms with Crippen LogP contribution in [0.25, 0.3) is 20.8 Å². The molecule has 12 nitrogen and oxygen atoms in total. The van der Waals surface area contributed by atoms with Crippen molar-refractivity contribution in [2.24, 2.45) is 15.2 Å². The Morgan fingerprint density at radius 2 is 1.76 bits per heavy atom. The third kappa shape index (κ3) is 5.20. The van der Waals surface area contributed by atoms with Crippen molar-refractivity contribution in [3.05, 3.63) is 42.0 Å². The monoisotopic (exact) mass is 506 g/mol. The Labute approximate surface area is 218 Å². The van der Waals surface area contributed by atoms with Crippen LogP contribution in [0.2, 0.25) is 0 Å². The zero-order valence-electron chi connectivity index (χ0n) is 17.7. The van der Waals surface area contributed by atoms with Gasteiger partial charge in [0.1, 0.15) is 9.90 Å². The smallest absolute Gasteiger partial charge is 0.293 e. The van der Waals surface area contributed by atoms with Crippen molar-refractivity contribution in [1.82, 2.24) is 15.6 Å². The third-order valence-corrected chi connectivity index (χ3v) is 6.82. The number of nitriles is 1. The van der Waals surface area contributed by atoms with Crippen LogP contribution in [0.5, 0.6) is 0 Å². The summed E-state index contributed by atoms with van der Waals surface area (Å²) in [5, 5.41) is 21.1. The van der Waals surface area contributed by atoms with E-state index < -0.39 is 28.0 Å². The fraction of sp³-hybridized carbons (Fsp3) is 0.105. The maximum atomic E-state index is 12.0. The molecular weight excluding hydrogens is 493 g/mol. The fourth-order valence-electron chi connectivity index (χ4n) is 3.04. The summed E-state index contributed by atoms with van der Waals surface area (Å²) in [5.41, 5.74) is 1.87. The van der Waals surface area contributed by atoms with Gasteiger partial charge in [-0.2, -0.15) is 23.9 Å². The van der Waals surface area contributed by atoms with Crippen LogP contribution in [0.1, 0.15) is 5.56 Å². The minimum atomic E-state index is -4.42. The van der Waals surface area contributed by atoms with E-state index in [0.29, 0.717) is 32.0 Å². The van der Waals surface area contributed by atoms with E-state index in [1.54, 1.807) is 43.3 Å². The molecule has 3 N–H and O–H groups in total. The number of nitrogens with one attached hydrogen (secondary N) is 2. The number of guanidine groups is 1. The van der Waals surface area contributed by atoms with Gasteiger partial charge >= 0.3 is 0 Å². The first kappa shape index (κ1) is 25.6. The summed E-state index contributed by atoms with van der Waals surface area (Å²) in [6, 6.07) is 8.33. The number of hydrogen-bond donors (Lipinski definition) is 3. The number of fused-ring (bicyclic) bond motifs is 1. The first-order valence-corrected chi connectivity index (χ1v) is 11.4. The molecule has 15 heteroatoms. The van der Waals surface area contributed by atoms with Crippen molar-refractivity contribution < 1.29 is 22.6 Å². The molecule has 1 aromatic heterocycles. The van der Waals surface area contributed by atoms with Crippen molar-refractivity contribution in [1.29, 1.82) is 5.26 Å². The summed E-state index contributed by atoms with van der Waals surface area (Å²) in [5.74, 6) is -1.81. The maximum absolute atomic E-state index is 12.0. The van der Waals surface area contributed by atoms with Gasteiger partial charge in [-0.15, -0.1) is 16.3 Å². The number of hydrogen-bond acceptors (Lipinski definition) is 10. The normalized spacial score (nSPS) is 16.0. The molecule has 1 radical (unpaired) electrons. The Morgan fingerprint density at radius 3 is 2.35 bits per heavy atom. The van der Waals surface area contributed by atoms with E-state index >= 15 is 0 Å². The number of aromatic nitrogens is 1. The molecule has 2 amide bonds. The van der Waals surface area contributed by atoms with E-state index in [2.05, 4.69) is 30.8 Å². The number of aliphatic imine (C=N–C) groups is 1. The van der Waals surface area contributed by atoms with Gasteiger partial charge in [0, 0.05) is 35.1 Å². The van der Waals surface area contributed by atoms with Crippen molar-refractivity contribution in [3.63, 3.8) is 0 Å². The van der Waals surface area contributed by atoms with Crippen LogP contribution in [-0.2, 0) is 19.7 Å². The molecule has 1 aliphatic rings. The van der Waals surface area contributed by atoms with Gasteiger partial charge in [-0.25, -0.2) is 4.98 Å². The minimum absolute atomic E-state index is 0. The first-order chi connectivity index (χ1) is 15.7. The second-order valence-corrected chi connectivity index (χ2v) is 9.12. The van der Waals surface area contributed by atoms with E-state index in [-0.39, 0.29) is 40.4 Å². The van der Waals surface area contributed by atoms with Crippen LogP contribution >= 0.6 is 11.3 Å². The zero-order chi connectivity index (χ0) is 23.8. The number of carbonyl (C=O) groups excluding carboxylic acids is 2. The predicted octanol–water partition coefficient (Wildman–Crippen LogP) is 1.67. The Balaban J connectivity index is 0.00000324. The average Bonchev–Trinajstić information content (AvgIpc) is 3.16. The molecule has 167 valence electrons. The van der Waals surface area contributed by atoms with E-state index in [4.69, 9.17) is 5.26 Å². The number of azo groups is 1. The maximum Gasteiger partial charge on any atom is 0.296 e. The molecule has 0 saturated carbocycles. The Hall–Kier alpha value is -3.06. The molecule has 1 saturated heterocycles. The summed E-state index contributed by atoms with van der Waals surface area (Å²) >= 11 is 1.12. The molecule has 0 unspecified atom stereocenters. The van der Waals surface area contributed by atoms with Crippen LogP contribution in [0.3, 0.4) is 0 Å². The van der Waals surface area contributed by atoms with Gasteiger partial charge in [0.2, 0.25) is 18.2 Å². The molecule has 4 rings (SSSR count). The van der Waals surface area contributed by atoms with Gasteiger partial charge < -0.3 is 0 Å². The molecule has 0 atom stereocenters. The van der Waals surface area contributed by atoms with Gasteiger partial charge in [-0.3, -0.25) is 24.8 Å². The van der Waals surface area contributed by atoms with E-state index in [9.17, 15) is 22.6 Å². The van der Waals surface area contributed by atoms with Gasteiger partial charge in [0.25, 0.3) is 21.9 Å². The topological polar surface area (TPSA) is 186 Å². The molecule has 2 aromatic carbocycles. The van der Waals surface area contributed by atoms with Crippen molar-refractivity contribution in [2.45, 2.75) is 17.9 Å². The molecule has 3 aromatic rings. The Kier molecular flexibility index (Phi) is 7.56. The fourth-order valence-corrected chi connectivity index (χ4v) is 5.35. The minimum Gasteiger partial charge on any atom is -0.293 e. The van der Waals surface area contributed by atoms with Gasteiger partial charge in [-0.1, -0.05) is 6.07 Å². The first-order valence-electron chi connectivity index (χ1n) is 9.15. The molecule has 0 spiro atoms. The SMILES string of the molecule is Cc1ccc2nc(-c3ccc(N=NC4C(=O)NC(=NC#N)NC4=O)cc3)sc2c1S(=O)(=O)O.[Na]. The number of rotatable bonds is 4. The number of benzene rings is 2. The van der Waals surface area contributed by atoms with Crippen molar-refractivity contribution in [3.8, 4) is 16.8 Å². The van der Waals surface area contributed by atoms with E-state index in [1.165, 1.54) is 6.19 Å². The zero-order valence-corrected chi connectivity index (χ0v) is 21.3. The summed E-state index contributed by atoms with van der Waals surface area (Å²) < 4.78 is 33.5. The third-order valence-electron chi connectivity index (χ3n) is 4.51. The van der Waals surface area contributed by atoms with Crippen molar-refractivity contribution in [2.75, 3.05) is 0 Å². The number of aryl methyl sites for hydroxylation is 1. The quantitative estimate of drug-likeness (QED) is 0.158. The summed E-state index contributed by atoms with van der Waals surface area (Å²) in [7, 11) is -4.42. The van der Waals surface area contributed by atoms with Crippen LogP contribution in [0.15, 0.2) is 56.5 Å². The largest absolute Gasteiger partial charge is 0.296 e. The molecule has 34 heavy (non-hydrogen) atoms. The van der Waals surface area contributed by atoms with Gasteiger partial charge in [0.05, 0.1) is 15.9 Å². The molecule has 1 aliphatic heterocycles. The predicted molar refractivity (Wildman–Crippen MR) is 123 cm³/mol. The van der Waals surface area contributed by atoms with Crippen LogP contribution in [0, 0.1) is 18.4 Å².